The van der Waals surface area contributed by atoms with Gasteiger partial charge >= 0.3 is 12.1 Å². The van der Waals surface area contributed by atoms with Crippen molar-refractivity contribution in [2.45, 2.75) is 89.1 Å². The van der Waals surface area contributed by atoms with Crippen LogP contribution < -0.4 is 0 Å². The van der Waals surface area contributed by atoms with Gasteiger partial charge in [-0.05, 0) is 71.1 Å². The molecule has 2 atom stereocenters. The van der Waals surface area contributed by atoms with E-state index in [1.165, 1.54) is 0 Å². The maximum Gasteiger partial charge on any atom is 0.411 e. The van der Waals surface area contributed by atoms with Gasteiger partial charge in [0.2, 0.25) is 0 Å². The van der Waals surface area contributed by atoms with E-state index in [-0.39, 0.29) is 37.7 Å². The monoisotopic (exact) mass is 612 g/mol. The van der Waals surface area contributed by atoms with Crippen LogP contribution in [0.25, 0.3) is 0 Å². The van der Waals surface area contributed by atoms with Crippen molar-refractivity contribution in [3.63, 3.8) is 0 Å². The van der Waals surface area contributed by atoms with Crippen molar-refractivity contribution in [1.29, 1.82) is 0 Å². The molecule has 0 spiro atoms. The molecule has 45 heavy (non-hydrogen) atoms. The fourth-order valence-electron chi connectivity index (χ4n) is 7.07. The summed E-state index contributed by atoms with van der Waals surface area (Å²) in [6.45, 7) is 13.0. The number of carbonyl (C=O) groups excluding carboxylic acids is 2. The van der Waals surface area contributed by atoms with Crippen molar-refractivity contribution in [2.24, 2.45) is 0 Å². The van der Waals surface area contributed by atoms with Gasteiger partial charge < -0.3 is 14.2 Å². The summed E-state index contributed by atoms with van der Waals surface area (Å²) in [5.41, 5.74) is 1.03. The van der Waals surface area contributed by atoms with Gasteiger partial charge in [-0.15, -0.1) is 0 Å². The van der Waals surface area contributed by atoms with Crippen LogP contribution in [0.15, 0.2) is 91.0 Å². The zero-order valence-corrected chi connectivity index (χ0v) is 27.6. The summed E-state index contributed by atoms with van der Waals surface area (Å²) < 4.78 is 17.8. The Hall–Kier alpha value is -3.68. The predicted molar refractivity (Wildman–Crippen MR) is 176 cm³/mol. The van der Waals surface area contributed by atoms with Crippen LogP contribution >= 0.6 is 0 Å². The van der Waals surface area contributed by atoms with Gasteiger partial charge in [0.15, 0.2) is 0 Å². The number of esters is 1. The highest BCUT2D eigenvalue weighted by molar-refractivity contribution is 5.71. The molecular weight excluding hydrogens is 564 g/mol. The van der Waals surface area contributed by atoms with Crippen molar-refractivity contribution in [3.8, 4) is 0 Å². The minimum Gasteiger partial charge on any atom is -0.460 e. The van der Waals surface area contributed by atoms with Gasteiger partial charge in [-0.25, -0.2) is 4.79 Å². The first-order chi connectivity index (χ1) is 21.3. The summed E-state index contributed by atoms with van der Waals surface area (Å²) in [7, 11) is 0. The normalized spacial score (nSPS) is 20.6. The molecule has 3 aromatic rings. The topological polar surface area (TPSA) is 68.3 Å². The number of nitrogens with zero attached hydrogens (tertiary/aromatic N) is 2. The number of fused-ring (bicyclic) bond motifs is 2. The Labute approximate surface area is 268 Å². The third-order valence-corrected chi connectivity index (χ3v) is 8.62. The highest BCUT2D eigenvalue weighted by Gasteiger charge is 2.58. The van der Waals surface area contributed by atoms with Crippen LogP contribution in [0.2, 0.25) is 0 Å². The average Bonchev–Trinajstić information content (AvgIpc) is 3.22. The Kier molecular flexibility index (Phi) is 9.43. The van der Waals surface area contributed by atoms with Gasteiger partial charge in [0.1, 0.15) is 11.2 Å². The molecule has 0 aliphatic carbocycles. The average molecular weight is 613 g/mol. The van der Waals surface area contributed by atoms with E-state index in [1.807, 2.05) is 64.6 Å². The summed E-state index contributed by atoms with van der Waals surface area (Å²) in [6.07, 6.45) is 1.44. The molecule has 2 saturated heterocycles. The Morgan fingerprint density at radius 1 is 0.756 bits per heavy atom. The van der Waals surface area contributed by atoms with E-state index < -0.39 is 22.3 Å². The van der Waals surface area contributed by atoms with Crippen LogP contribution in [0, 0.1) is 0 Å². The Morgan fingerprint density at radius 2 is 1.24 bits per heavy atom. The zero-order chi connectivity index (χ0) is 32.3. The van der Waals surface area contributed by atoms with Crippen LogP contribution in [-0.2, 0) is 24.5 Å². The lowest BCUT2D eigenvalue weighted by molar-refractivity contribution is -0.156. The van der Waals surface area contributed by atoms with E-state index >= 15 is 0 Å². The molecule has 0 aromatic heterocycles. The Balaban J connectivity index is 1.56. The van der Waals surface area contributed by atoms with Gasteiger partial charge in [-0.3, -0.25) is 14.6 Å². The largest absolute Gasteiger partial charge is 0.460 e. The third kappa shape index (κ3) is 7.10. The number of hydrogen-bond acceptors (Lipinski definition) is 6. The molecule has 7 nitrogen and oxygen atoms in total. The van der Waals surface area contributed by atoms with E-state index in [0.717, 1.165) is 29.5 Å². The molecule has 0 N–H and O–H groups in total. The summed E-state index contributed by atoms with van der Waals surface area (Å²) in [5.74, 6) is -0.296. The van der Waals surface area contributed by atoms with Gasteiger partial charge in [0.05, 0.1) is 30.7 Å². The lowest BCUT2D eigenvalue weighted by Gasteiger charge is -2.55. The van der Waals surface area contributed by atoms with Crippen molar-refractivity contribution in [3.05, 3.63) is 108 Å². The highest BCUT2D eigenvalue weighted by atomic mass is 16.6. The second-order valence-corrected chi connectivity index (χ2v) is 14.3. The van der Waals surface area contributed by atoms with Gasteiger partial charge in [-0.1, -0.05) is 91.0 Å². The molecule has 2 bridgehead atoms. The number of hydrogen-bond donors (Lipinski definition) is 0. The molecule has 2 heterocycles. The Bertz CT molecular complexity index is 1340. The number of carbonyl (C=O) groups is 2. The summed E-state index contributed by atoms with van der Waals surface area (Å²) in [6, 6.07) is 31.8. The van der Waals surface area contributed by atoms with Gasteiger partial charge in [0.25, 0.3) is 0 Å². The molecule has 0 radical (unpaired) electrons. The first-order valence-electron chi connectivity index (χ1n) is 16.1. The fraction of sp³-hybridized carbons (Fsp3) is 0.474. The zero-order valence-electron chi connectivity index (χ0n) is 27.6. The second kappa shape index (κ2) is 13.0. The maximum atomic E-state index is 13.9. The molecule has 7 heteroatoms. The number of benzene rings is 3. The van der Waals surface area contributed by atoms with E-state index in [9.17, 15) is 9.59 Å². The molecule has 2 unspecified atom stereocenters. The van der Waals surface area contributed by atoms with Gasteiger partial charge in [-0.2, -0.15) is 0 Å². The maximum absolute atomic E-state index is 13.9. The smallest absolute Gasteiger partial charge is 0.411 e. The van der Waals surface area contributed by atoms with E-state index in [0.29, 0.717) is 13.1 Å². The standard InChI is InChI=1S/C38H48N2O5/c1-35(2,3)44-33(41)23-25-43-28-37-24-22-32(40(37)34(42)45-36(4,5)6)26-39(27-37)38(29-16-10-7-11-17-29,30-18-12-8-13-19-30)31-20-14-9-15-21-31/h7-21,32H,22-28H2,1-6H3. The van der Waals surface area contributed by atoms with Crippen LogP contribution in [-0.4, -0.2) is 70.9 Å². The van der Waals surface area contributed by atoms with Crippen LogP contribution in [0.1, 0.15) is 77.5 Å². The highest BCUT2D eigenvalue weighted by Crippen LogP contribution is 2.49. The SMILES string of the molecule is CC(C)(C)OC(=O)CCOCC12CCC(CN(C(c3ccccc3)(c3ccccc3)c3ccccc3)C1)N2C(=O)OC(C)(C)C. The van der Waals surface area contributed by atoms with E-state index in [4.69, 9.17) is 14.2 Å². The fourth-order valence-corrected chi connectivity index (χ4v) is 7.07. The molecule has 240 valence electrons. The number of likely N-dealkylation sites (tertiary alicyclic amines) is 1. The van der Waals surface area contributed by atoms with E-state index in [2.05, 4.69) is 77.7 Å². The van der Waals surface area contributed by atoms with Crippen LogP contribution in [0.5, 0.6) is 0 Å². The molecule has 2 aliphatic rings. The predicted octanol–water partition coefficient (Wildman–Crippen LogP) is 7.18. The first-order valence-corrected chi connectivity index (χ1v) is 16.1. The molecule has 3 aromatic carbocycles. The van der Waals surface area contributed by atoms with Gasteiger partial charge in [0, 0.05) is 19.1 Å². The molecule has 2 fully saturated rings. The summed E-state index contributed by atoms with van der Waals surface area (Å²) in [5, 5.41) is 0. The lowest BCUT2D eigenvalue weighted by Crippen LogP contribution is -2.69. The Morgan fingerprint density at radius 3 is 1.71 bits per heavy atom. The molecule has 5 rings (SSSR count). The lowest BCUT2D eigenvalue weighted by atomic mass is 9.74. The quantitative estimate of drug-likeness (QED) is 0.145. The molecule has 1 amide bonds. The minimum absolute atomic E-state index is 0.0708. The summed E-state index contributed by atoms with van der Waals surface area (Å²) in [4.78, 5) is 30.9. The number of piperazine rings is 1. The second-order valence-electron chi connectivity index (χ2n) is 14.3. The van der Waals surface area contributed by atoms with Crippen molar-refractivity contribution in [2.75, 3.05) is 26.3 Å². The van der Waals surface area contributed by atoms with Crippen LogP contribution in [0.4, 0.5) is 4.79 Å². The molecule has 0 saturated carbocycles. The minimum atomic E-state index is -0.650. The molecular formula is C38H48N2O5. The van der Waals surface area contributed by atoms with Crippen molar-refractivity contribution < 1.29 is 23.8 Å². The first kappa shape index (κ1) is 32.7. The number of amides is 1. The van der Waals surface area contributed by atoms with Crippen LogP contribution in [0.3, 0.4) is 0 Å². The van der Waals surface area contributed by atoms with E-state index in [1.54, 1.807) is 0 Å². The number of ether oxygens (including phenoxy) is 3. The molecule has 2 aliphatic heterocycles. The number of rotatable bonds is 9. The summed E-state index contributed by atoms with van der Waals surface area (Å²) >= 11 is 0. The van der Waals surface area contributed by atoms with Crippen molar-refractivity contribution in [1.82, 2.24) is 9.80 Å². The third-order valence-electron chi connectivity index (χ3n) is 8.62. The van der Waals surface area contributed by atoms with Crippen molar-refractivity contribution >= 4 is 12.1 Å².